The normalized spacial score (nSPS) is 9.94. The largest absolute Gasteiger partial charge is 0.456 e. The number of halogens is 1. The van der Waals surface area contributed by atoms with E-state index < -0.39 is 11.7 Å². The fourth-order valence-corrected chi connectivity index (χ4v) is 1.19. The average Bonchev–Trinajstić information content (AvgIpc) is 2.29. The summed E-state index contributed by atoms with van der Waals surface area (Å²) in [6.07, 6.45) is 3.80. The Bertz CT molecular complexity index is 560. The van der Waals surface area contributed by atoms with E-state index in [1.54, 1.807) is 0 Å². The van der Waals surface area contributed by atoms with Crippen LogP contribution in [0.3, 0.4) is 0 Å². The number of carbonyl (C=O) groups is 1. The first-order chi connectivity index (χ1) is 8.15. The first-order valence-corrected chi connectivity index (χ1v) is 4.69. The second kappa shape index (κ2) is 4.56. The summed E-state index contributed by atoms with van der Waals surface area (Å²) >= 11 is 0. The van der Waals surface area contributed by atoms with Gasteiger partial charge in [0.1, 0.15) is 23.0 Å². The van der Waals surface area contributed by atoms with Crippen LogP contribution in [0.4, 0.5) is 4.39 Å². The summed E-state index contributed by atoms with van der Waals surface area (Å²) in [5, 5.41) is 0. The highest BCUT2D eigenvalue weighted by molar-refractivity contribution is 5.91. The molecule has 17 heavy (non-hydrogen) atoms. The van der Waals surface area contributed by atoms with Crippen molar-refractivity contribution in [1.82, 2.24) is 9.97 Å². The molecule has 1 amide bonds. The summed E-state index contributed by atoms with van der Waals surface area (Å²) < 4.78 is 18.1. The Kier molecular flexibility index (Phi) is 2.95. The molecule has 2 N–H and O–H groups in total. The minimum atomic E-state index is -0.659. The lowest BCUT2D eigenvalue weighted by molar-refractivity contribution is 0.0995. The number of ether oxygens (including phenoxy) is 1. The van der Waals surface area contributed by atoms with Gasteiger partial charge in [-0.2, -0.15) is 0 Å². The molecule has 0 fully saturated rings. The Morgan fingerprint density at radius 3 is 2.82 bits per heavy atom. The minimum Gasteiger partial charge on any atom is -0.456 e. The molecule has 2 heterocycles. The molecule has 0 saturated heterocycles. The highest BCUT2D eigenvalue weighted by Gasteiger charge is 2.05. The molecular formula is C11H8FN3O2. The van der Waals surface area contributed by atoms with E-state index in [1.807, 2.05) is 0 Å². The average molecular weight is 233 g/mol. The number of primary amides is 1. The van der Waals surface area contributed by atoms with Crippen molar-refractivity contribution in [2.24, 2.45) is 5.73 Å². The van der Waals surface area contributed by atoms with Crippen LogP contribution in [0.2, 0.25) is 0 Å². The van der Waals surface area contributed by atoms with Crippen molar-refractivity contribution in [3.8, 4) is 11.5 Å². The Balaban J connectivity index is 2.24. The van der Waals surface area contributed by atoms with E-state index in [0.29, 0.717) is 5.75 Å². The van der Waals surface area contributed by atoms with Crippen molar-refractivity contribution in [2.75, 3.05) is 0 Å². The monoisotopic (exact) mass is 233 g/mol. The molecular weight excluding hydrogens is 225 g/mol. The van der Waals surface area contributed by atoms with E-state index in [-0.39, 0.29) is 11.4 Å². The van der Waals surface area contributed by atoms with Gasteiger partial charge in [0, 0.05) is 18.3 Å². The van der Waals surface area contributed by atoms with Crippen molar-refractivity contribution < 1.29 is 13.9 Å². The number of nitrogens with zero attached hydrogens (tertiary/aromatic N) is 2. The van der Waals surface area contributed by atoms with E-state index in [2.05, 4.69) is 9.97 Å². The lowest BCUT2D eigenvalue weighted by Gasteiger charge is -2.05. The first-order valence-electron chi connectivity index (χ1n) is 4.69. The van der Waals surface area contributed by atoms with Crippen molar-refractivity contribution in [2.45, 2.75) is 0 Å². The van der Waals surface area contributed by atoms with Crippen LogP contribution >= 0.6 is 0 Å². The van der Waals surface area contributed by atoms with Gasteiger partial charge in [0.2, 0.25) is 0 Å². The molecule has 0 radical (unpaired) electrons. The predicted molar refractivity (Wildman–Crippen MR) is 57.0 cm³/mol. The summed E-state index contributed by atoms with van der Waals surface area (Å²) in [5.74, 6) is -0.604. The number of rotatable bonds is 3. The van der Waals surface area contributed by atoms with Gasteiger partial charge in [-0.1, -0.05) is 0 Å². The number of hydrogen-bond acceptors (Lipinski definition) is 4. The van der Waals surface area contributed by atoms with Gasteiger partial charge in [0.15, 0.2) is 0 Å². The Labute approximate surface area is 96.1 Å². The van der Waals surface area contributed by atoms with Crippen LogP contribution in [0.15, 0.2) is 36.8 Å². The maximum Gasteiger partial charge on any atom is 0.267 e. The Morgan fingerprint density at radius 2 is 2.12 bits per heavy atom. The van der Waals surface area contributed by atoms with E-state index in [9.17, 15) is 9.18 Å². The minimum absolute atomic E-state index is 0.0758. The van der Waals surface area contributed by atoms with Crippen molar-refractivity contribution >= 4 is 5.91 Å². The SMILES string of the molecule is NC(=O)c1cc(Oc2cncc(F)c2)ccn1. The molecule has 0 aliphatic rings. The number of aromatic nitrogens is 2. The van der Waals surface area contributed by atoms with Crippen LogP contribution in [-0.4, -0.2) is 15.9 Å². The molecule has 0 aliphatic heterocycles. The van der Waals surface area contributed by atoms with Gasteiger partial charge in [0.25, 0.3) is 5.91 Å². The molecule has 2 aromatic rings. The number of hydrogen-bond donors (Lipinski definition) is 1. The van der Waals surface area contributed by atoms with Crippen molar-refractivity contribution in [3.63, 3.8) is 0 Å². The van der Waals surface area contributed by atoms with Crippen LogP contribution in [0.5, 0.6) is 11.5 Å². The standard InChI is InChI=1S/C11H8FN3O2/c12-7-3-9(6-14-5-7)17-8-1-2-15-10(4-8)11(13)16/h1-6H,(H2,13,16). The zero-order valence-corrected chi connectivity index (χ0v) is 8.63. The number of nitrogens with two attached hydrogens (primary N) is 1. The third-order valence-corrected chi connectivity index (χ3v) is 1.90. The summed E-state index contributed by atoms with van der Waals surface area (Å²) in [6.45, 7) is 0. The number of pyridine rings is 2. The van der Waals surface area contributed by atoms with Crippen LogP contribution in [-0.2, 0) is 0 Å². The predicted octanol–water partition coefficient (Wildman–Crippen LogP) is 1.51. The Morgan fingerprint density at radius 1 is 1.29 bits per heavy atom. The maximum atomic E-state index is 12.8. The molecule has 0 aromatic carbocycles. The lowest BCUT2D eigenvalue weighted by Crippen LogP contribution is -2.12. The third kappa shape index (κ3) is 2.75. The number of amides is 1. The zero-order chi connectivity index (χ0) is 12.3. The van der Waals surface area contributed by atoms with E-state index in [1.165, 1.54) is 30.6 Å². The molecule has 0 aliphatic carbocycles. The van der Waals surface area contributed by atoms with E-state index in [4.69, 9.17) is 10.5 Å². The van der Waals surface area contributed by atoms with E-state index >= 15 is 0 Å². The lowest BCUT2D eigenvalue weighted by atomic mass is 10.3. The molecule has 2 rings (SSSR count). The summed E-state index contributed by atoms with van der Waals surface area (Å²) in [4.78, 5) is 18.3. The number of carbonyl (C=O) groups excluding carboxylic acids is 1. The molecule has 0 atom stereocenters. The van der Waals surface area contributed by atoms with Crippen molar-refractivity contribution in [3.05, 3.63) is 48.3 Å². The second-order valence-corrected chi connectivity index (χ2v) is 3.18. The topological polar surface area (TPSA) is 78.1 Å². The van der Waals surface area contributed by atoms with Crippen LogP contribution in [0.1, 0.15) is 10.5 Å². The van der Waals surface area contributed by atoms with Crippen LogP contribution < -0.4 is 10.5 Å². The van der Waals surface area contributed by atoms with Gasteiger partial charge in [-0.3, -0.25) is 14.8 Å². The van der Waals surface area contributed by atoms with Gasteiger partial charge in [-0.15, -0.1) is 0 Å². The molecule has 0 bridgehead atoms. The third-order valence-electron chi connectivity index (χ3n) is 1.90. The molecule has 0 spiro atoms. The second-order valence-electron chi connectivity index (χ2n) is 3.18. The summed E-state index contributed by atoms with van der Waals surface area (Å²) in [7, 11) is 0. The highest BCUT2D eigenvalue weighted by atomic mass is 19.1. The highest BCUT2D eigenvalue weighted by Crippen LogP contribution is 2.20. The molecule has 5 nitrogen and oxygen atoms in total. The fraction of sp³-hybridized carbons (Fsp3) is 0. The molecule has 6 heteroatoms. The maximum absolute atomic E-state index is 12.8. The van der Waals surface area contributed by atoms with Gasteiger partial charge in [0.05, 0.1) is 12.4 Å². The zero-order valence-electron chi connectivity index (χ0n) is 8.63. The van der Waals surface area contributed by atoms with Gasteiger partial charge < -0.3 is 10.5 Å². The molecule has 86 valence electrons. The first kappa shape index (κ1) is 11.0. The smallest absolute Gasteiger partial charge is 0.267 e. The van der Waals surface area contributed by atoms with Gasteiger partial charge >= 0.3 is 0 Å². The summed E-state index contributed by atoms with van der Waals surface area (Å²) in [6, 6.07) is 4.07. The Hall–Kier alpha value is -2.50. The quantitative estimate of drug-likeness (QED) is 0.871. The van der Waals surface area contributed by atoms with Crippen LogP contribution in [0, 0.1) is 5.82 Å². The summed E-state index contributed by atoms with van der Waals surface area (Å²) in [5.41, 5.74) is 5.15. The molecule has 0 unspecified atom stereocenters. The van der Waals surface area contributed by atoms with Gasteiger partial charge in [-0.25, -0.2) is 4.39 Å². The molecule has 0 saturated carbocycles. The molecule has 2 aromatic heterocycles. The van der Waals surface area contributed by atoms with Gasteiger partial charge in [-0.05, 0) is 6.07 Å². The van der Waals surface area contributed by atoms with Crippen molar-refractivity contribution in [1.29, 1.82) is 0 Å². The fourth-order valence-electron chi connectivity index (χ4n) is 1.19. The van der Waals surface area contributed by atoms with E-state index in [0.717, 1.165) is 6.20 Å². The van der Waals surface area contributed by atoms with Crippen LogP contribution in [0.25, 0.3) is 0 Å².